The van der Waals surface area contributed by atoms with Crippen LogP contribution in [0.25, 0.3) is 0 Å². The van der Waals surface area contributed by atoms with Crippen molar-refractivity contribution < 1.29 is 0 Å². The van der Waals surface area contributed by atoms with Crippen LogP contribution in [-0.4, -0.2) is 31.1 Å². The van der Waals surface area contributed by atoms with Crippen LogP contribution in [0.2, 0.25) is 0 Å². The summed E-state index contributed by atoms with van der Waals surface area (Å²) in [6, 6.07) is 8.38. The maximum atomic E-state index is 3.46. The summed E-state index contributed by atoms with van der Waals surface area (Å²) in [5.41, 5.74) is 1.21. The Kier molecular flexibility index (Phi) is 5.33. The van der Waals surface area contributed by atoms with E-state index in [1.54, 1.807) is 0 Å². The van der Waals surface area contributed by atoms with Gasteiger partial charge in [0.25, 0.3) is 0 Å². The van der Waals surface area contributed by atoms with Crippen molar-refractivity contribution >= 4 is 21.6 Å². The van der Waals surface area contributed by atoms with Gasteiger partial charge in [0.2, 0.25) is 0 Å². The SMILES string of the molecule is Brc1ccc(NCCCN2CCCCC2)cc1. The topological polar surface area (TPSA) is 15.3 Å². The molecule has 0 radical (unpaired) electrons. The summed E-state index contributed by atoms with van der Waals surface area (Å²) in [7, 11) is 0. The van der Waals surface area contributed by atoms with Crippen LogP contribution in [0.5, 0.6) is 0 Å². The summed E-state index contributed by atoms with van der Waals surface area (Å²) in [6.07, 6.45) is 5.43. The molecule has 1 aromatic rings. The highest BCUT2D eigenvalue weighted by molar-refractivity contribution is 9.10. The molecule has 3 heteroatoms. The molecule has 0 aliphatic carbocycles. The van der Waals surface area contributed by atoms with Crippen molar-refractivity contribution in [3.8, 4) is 0 Å². The van der Waals surface area contributed by atoms with Gasteiger partial charge >= 0.3 is 0 Å². The molecule has 1 saturated heterocycles. The van der Waals surface area contributed by atoms with E-state index in [0.717, 1.165) is 11.0 Å². The average molecular weight is 297 g/mol. The molecular weight excluding hydrogens is 276 g/mol. The third-order valence-electron chi connectivity index (χ3n) is 3.27. The number of nitrogens with one attached hydrogen (secondary N) is 1. The van der Waals surface area contributed by atoms with Gasteiger partial charge in [-0.25, -0.2) is 0 Å². The van der Waals surface area contributed by atoms with Crippen LogP contribution in [0.4, 0.5) is 5.69 Å². The molecule has 1 aliphatic heterocycles. The van der Waals surface area contributed by atoms with Crippen molar-refractivity contribution in [3.05, 3.63) is 28.7 Å². The number of rotatable bonds is 5. The first-order valence-electron chi connectivity index (χ1n) is 6.56. The Morgan fingerprint density at radius 2 is 1.76 bits per heavy atom. The smallest absolute Gasteiger partial charge is 0.0340 e. The second-order valence-electron chi connectivity index (χ2n) is 4.69. The summed E-state index contributed by atoms with van der Waals surface area (Å²) >= 11 is 3.44. The minimum atomic E-state index is 1.07. The molecule has 0 bridgehead atoms. The third kappa shape index (κ3) is 4.68. The Balaban J connectivity index is 1.60. The molecule has 2 nitrogen and oxygen atoms in total. The maximum Gasteiger partial charge on any atom is 0.0340 e. The maximum absolute atomic E-state index is 3.46. The summed E-state index contributed by atoms with van der Waals surface area (Å²) in [6.45, 7) is 4.91. The van der Waals surface area contributed by atoms with Crippen LogP contribution in [0.1, 0.15) is 25.7 Å². The second kappa shape index (κ2) is 7.02. The number of halogens is 1. The molecule has 94 valence electrons. The molecule has 0 amide bonds. The third-order valence-corrected chi connectivity index (χ3v) is 3.80. The minimum absolute atomic E-state index is 1.07. The number of piperidine rings is 1. The first kappa shape index (κ1) is 12.9. The van der Waals surface area contributed by atoms with Crippen LogP contribution in [0, 0.1) is 0 Å². The van der Waals surface area contributed by atoms with E-state index < -0.39 is 0 Å². The Bertz CT molecular complexity index is 317. The lowest BCUT2D eigenvalue weighted by atomic mass is 10.1. The molecule has 1 aromatic carbocycles. The van der Waals surface area contributed by atoms with E-state index >= 15 is 0 Å². The van der Waals surface area contributed by atoms with Crippen molar-refractivity contribution in [2.45, 2.75) is 25.7 Å². The molecule has 1 aliphatic rings. The quantitative estimate of drug-likeness (QED) is 0.833. The van der Waals surface area contributed by atoms with Crippen LogP contribution in [0.15, 0.2) is 28.7 Å². The van der Waals surface area contributed by atoms with Crippen molar-refractivity contribution in [2.24, 2.45) is 0 Å². The van der Waals surface area contributed by atoms with Gasteiger partial charge in [-0.1, -0.05) is 22.4 Å². The van der Waals surface area contributed by atoms with Crippen molar-refractivity contribution in [2.75, 3.05) is 31.5 Å². The highest BCUT2D eigenvalue weighted by Gasteiger charge is 2.08. The van der Waals surface area contributed by atoms with Crippen LogP contribution in [-0.2, 0) is 0 Å². The largest absolute Gasteiger partial charge is 0.385 e. The molecule has 1 heterocycles. The second-order valence-corrected chi connectivity index (χ2v) is 5.61. The van der Waals surface area contributed by atoms with Gasteiger partial charge in [0, 0.05) is 16.7 Å². The molecule has 0 unspecified atom stereocenters. The fourth-order valence-corrected chi connectivity index (χ4v) is 2.55. The van der Waals surface area contributed by atoms with Crippen molar-refractivity contribution in [1.29, 1.82) is 0 Å². The number of anilines is 1. The summed E-state index contributed by atoms with van der Waals surface area (Å²) in [5.74, 6) is 0. The molecule has 2 rings (SSSR count). The summed E-state index contributed by atoms with van der Waals surface area (Å²) < 4.78 is 1.14. The van der Waals surface area contributed by atoms with Crippen LogP contribution < -0.4 is 5.32 Å². The Morgan fingerprint density at radius 1 is 1.06 bits per heavy atom. The Morgan fingerprint density at radius 3 is 2.47 bits per heavy atom. The highest BCUT2D eigenvalue weighted by Crippen LogP contribution is 2.14. The zero-order valence-corrected chi connectivity index (χ0v) is 11.9. The lowest BCUT2D eigenvalue weighted by Gasteiger charge is -2.26. The van der Waals surface area contributed by atoms with E-state index in [9.17, 15) is 0 Å². The van der Waals surface area contributed by atoms with Crippen molar-refractivity contribution in [3.63, 3.8) is 0 Å². The van der Waals surface area contributed by atoms with E-state index in [4.69, 9.17) is 0 Å². The molecule has 0 saturated carbocycles. The Labute approximate surface area is 113 Å². The predicted molar refractivity (Wildman–Crippen MR) is 77.5 cm³/mol. The van der Waals surface area contributed by atoms with Gasteiger partial charge < -0.3 is 10.2 Å². The first-order chi connectivity index (χ1) is 8.34. The lowest BCUT2D eigenvalue weighted by Crippen LogP contribution is -2.31. The van der Waals surface area contributed by atoms with Gasteiger partial charge in [0.05, 0.1) is 0 Å². The zero-order valence-electron chi connectivity index (χ0n) is 10.3. The molecule has 1 N–H and O–H groups in total. The van der Waals surface area contributed by atoms with Gasteiger partial charge in [-0.3, -0.25) is 0 Å². The van der Waals surface area contributed by atoms with E-state index in [-0.39, 0.29) is 0 Å². The number of nitrogens with zero attached hydrogens (tertiary/aromatic N) is 1. The van der Waals surface area contributed by atoms with Gasteiger partial charge in [-0.15, -0.1) is 0 Å². The zero-order chi connectivity index (χ0) is 11.9. The number of benzene rings is 1. The van der Waals surface area contributed by atoms with E-state index in [0.29, 0.717) is 0 Å². The van der Waals surface area contributed by atoms with E-state index in [2.05, 4.69) is 50.4 Å². The molecule has 0 atom stereocenters. The molecule has 17 heavy (non-hydrogen) atoms. The Hall–Kier alpha value is -0.540. The monoisotopic (exact) mass is 296 g/mol. The van der Waals surface area contributed by atoms with Gasteiger partial charge in [0.1, 0.15) is 0 Å². The van der Waals surface area contributed by atoms with Gasteiger partial charge in [-0.2, -0.15) is 0 Å². The standard InChI is InChI=1S/C14H21BrN2/c15-13-5-7-14(8-6-13)16-9-4-12-17-10-2-1-3-11-17/h5-8,16H,1-4,9-12H2. The normalized spacial score (nSPS) is 17.0. The molecule has 0 aromatic heterocycles. The first-order valence-corrected chi connectivity index (χ1v) is 7.36. The van der Waals surface area contributed by atoms with Gasteiger partial charge in [0.15, 0.2) is 0 Å². The molecular formula is C14H21BrN2. The van der Waals surface area contributed by atoms with E-state index in [1.807, 2.05) is 0 Å². The fraction of sp³-hybridized carbons (Fsp3) is 0.571. The van der Waals surface area contributed by atoms with Crippen LogP contribution in [0.3, 0.4) is 0 Å². The lowest BCUT2D eigenvalue weighted by molar-refractivity contribution is 0.228. The van der Waals surface area contributed by atoms with Crippen LogP contribution >= 0.6 is 15.9 Å². The molecule has 1 fully saturated rings. The molecule has 0 spiro atoms. The van der Waals surface area contributed by atoms with E-state index in [1.165, 1.54) is 51.0 Å². The summed E-state index contributed by atoms with van der Waals surface area (Å²) in [5, 5.41) is 3.46. The predicted octanol–water partition coefficient (Wildman–Crippen LogP) is 3.74. The summed E-state index contributed by atoms with van der Waals surface area (Å²) in [4.78, 5) is 2.59. The average Bonchev–Trinajstić information content (AvgIpc) is 2.38. The fourth-order valence-electron chi connectivity index (χ4n) is 2.29. The minimum Gasteiger partial charge on any atom is -0.385 e. The number of hydrogen-bond donors (Lipinski definition) is 1. The number of likely N-dealkylation sites (tertiary alicyclic amines) is 1. The van der Waals surface area contributed by atoms with Gasteiger partial charge in [-0.05, 0) is 63.2 Å². The number of hydrogen-bond acceptors (Lipinski definition) is 2. The highest BCUT2D eigenvalue weighted by atomic mass is 79.9. The van der Waals surface area contributed by atoms with Crippen molar-refractivity contribution in [1.82, 2.24) is 4.90 Å².